The molecular formula is C14H26N2O7. The molecule has 5 N–H and O–H groups in total. The Kier molecular flexibility index (Phi) is 8.55. The van der Waals surface area contributed by atoms with E-state index in [1.807, 2.05) is 20.8 Å². The van der Waals surface area contributed by atoms with Crippen molar-refractivity contribution in [3.63, 3.8) is 0 Å². The number of carboxylic acids is 2. The van der Waals surface area contributed by atoms with Gasteiger partial charge in [-0.05, 0) is 39.5 Å². The van der Waals surface area contributed by atoms with Gasteiger partial charge in [0.05, 0.1) is 6.10 Å². The van der Waals surface area contributed by atoms with Gasteiger partial charge in [-0.15, -0.1) is 0 Å². The van der Waals surface area contributed by atoms with Crippen LogP contribution in [0.1, 0.15) is 33.6 Å². The van der Waals surface area contributed by atoms with Crippen LogP contribution in [0, 0.1) is 5.92 Å². The van der Waals surface area contributed by atoms with Crippen LogP contribution in [0.15, 0.2) is 0 Å². The third-order valence-corrected chi connectivity index (χ3v) is 3.16. The lowest BCUT2D eigenvalue weighted by atomic mass is 9.91. The Morgan fingerprint density at radius 1 is 1.17 bits per heavy atom. The van der Waals surface area contributed by atoms with Crippen molar-refractivity contribution in [3.05, 3.63) is 0 Å². The van der Waals surface area contributed by atoms with Crippen LogP contribution in [-0.2, 0) is 14.3 Å². The minimum absolute atomic E-state index is 0.207. The number of carbonyl (C=O) groups excluding carboxylic acids is 1. The summed E-state index contributed by atoms with van der Waals surface area (Å²) in [6, 6.07) is 0. The number of carboxylic acid groups (broad SMARTS) is 2. The number of nitrogens with zero attached hydrogens (tertiary/aromatic N) is 1. The molecule has 0 radical (unpaired) electrons. The van der Waals surface area contributed by atoms with E-state index in [0.29, 0.717) is 13.1 Å². The zero-order chi connectivity index (χ0) is 18.2. The zero-order valence-electron chi connectivity index (χ0n) is 13.7. The van der Waals surface area contributed by atoms with Gasteiger partial charge in [-0.3, -0.25) is 0 Å². The van der Waals surface area contributed by atoms with Crippen molar-refractivity contribution in [1.29, 1.82) is 0 Å². The van der Waals surface area contributed by atoms with Crippen LogP contribution in [0.2, 0.25) is 0 Å². The smallest absolute Gasteiger partial charge is 0.414 e. The first-order chi connectivity index (χ1) is 10.5. The minimum atomic E-state index is -1.82. The number of piperidine rings is 1. The highest BCUT2D eigenvalue weighted by atomic mass is 16.6. The predicted octanol–water partition coefficient (Wildman–Crippen LogP) is 0.109. The molecule has 134 valence electrons. The van der Waals surface area contributed by atoms with Crippen LogP contribution in [0.4, 0.5) is 4.79 Å². The van der Waals surface area contributed by atoms with E-state index in [-0.39, 0.29) is 18.6 Å². The van der Waals surface area contributed by atoms with Crippen LogP contribution < -0.4 is 5.73 Å². The molecule has 1 fully saturated rings. The number of nitrogens with two attached hydrogens (primary N) is 1. The summed E-state index contributed by atoms with van der Waals surface area (Å²) in [4.78, 5) is 31.7. The summed E-state index contributed by atoms with van der Waals surface area (Å²) in [5.74, 6) is -3.44. The maximum Gasteiger partial charge on any atom is 0.414 e. The summed E-state index contributed by atoms with van der Waals surface area (Å²) in [5, 5.41) is 24.4. The van der Waals surface area contributed by atoms with E-state index in [0.717, 1.165) is 12.8 Å². The topological polar surface area (TPSA) is 150 Å². The Morgan fingerprint density at radius 3 is 1.91 bits per heavy atom. The molecule has 9 nitrogen and oxygen atoms in total. The third-order valence-electron chi connectivity index (χ3n) is 3.16. The number of carbonyl (C=O) groups is 3. The maximum atomic E-state index is 11.8. The lowest BCUT2D eigenvalue weighted by Crippen LogP contribution is -2.44. The first-order valence-corrected chi connectivity index (χ1v) is 7.30. The van der Waals surface area contributed by atoms with Crippen LogP contribution in [0.5, 0.6) is 0 Å². The number of aliphatic hydroxyl groups excluding tert-OH is 1. The minimum Gasteiger partial charge on any atom is -0.473 e. The van der Waals surface area contributed by atoms with E-state index in [9.17, 15) is 9.90 Å². The summed E-state index contributed by atoms with van der Waals surface area (Å²) in [5.41, 5.74) is 4.97. The molecule has 23 heavy (non-hydrogen) atoms. The highest BCUT2D eigenvalue weighted by Gasteiger charge is 2.29. The second-order valence-corrected chi connectivity index (χ2v) is 6.22. The summed E-state index contributed by atoms with van der Waals surface area (Å²) in [7, 11) is 0. The molecule has 9 heteroatoms. The number of aliphatic carboxylic acids is 2. The number of aliphatic hydroxyl groups is 1. The summed E-state index contributed by atoms with van der Waals surface area (Å²) in [6.07, 6.45) is 0.865. The molecule has 0 aromatic rings. The van der Waals surface area contributed by atoms with Crippen molar-refractivity contribution in [2.75, 3.05) is 19.6 Å². The molecule has 1 saturated heterocycles. The number of ether oxygens (including phenoxy) is 1. The fraction of sp³-hybridized carbons (Fsp3) is 0.786. The second-order valence-electron chi connectivity index (χ2n) is 6.22. The van der Waals surface area contributed by atoms with Crippen molar-refractivity contribution in [2.45, 2.75) is 45.3 Å². The number of amides is 1. The van der Waals surface area contributed by atoms with Gasteiger partial charge in [-0.2, -0.15) is 0 Å². The third kappa shape index (κ3) is 8.99. The van der Waals surface area contributed by atoms with Gasteiger partial charge in [-0.1, -0.05) is 0 Å². The fourth-order valence-electron chi connectivity index (χ4n) is 1.99. The molecular weight excluding hydrogens is 308 g/mol. The normalized spacial score (nSPS) is 16.8. The second kappa shape index (κ2) is 9.31. The van der Waals surface area contributed by atoms with Gasteiger partial charge in [0.1, 0.15) is 5.60 Å². The Labute approximate surface area is 135 Å². The van der Waals surface area contributed by atoms with Gasteiger partial charge in [-0.25, -0.2) is 14.4 Å². The van der Waals surface area contributed by atoms with Crippen LogP contribution in [0.25, 0.3) is 0 Å². The maximum absolute atomic E-state index is 11.8. The molecule has 1 aliphatic rings. The predicted molar refractivity (Wildman–Crippen MR) is 80.9 cm³/mol. The van der Waals surface area contributed by atoms with Gasteiger partial charge < -0.3 is 30.7 Å². The van der Waals surface area contributed by atoms with Crippen LogP contribution in [0.3, 0.4) is 0 Å². The molecule has 1 rings (SSSR count). The van der Waals surface area contributed by atoms with Crippen LogP contribution >= 0.6 is 0 Å². The molecule has 0 bridgehead atoms. The monoisotopic (exact) mass is 334 g/mol. The number of hydrogen-bond donors (Lipinski definition) is 4. The average molecular weight is 334 g/mol. The molecule has 0 aromatic carbocycles. The summed E-state index contributed by atoms with van der Waals surface area (Å²) < 4.78 is 5.30. The van der Waals surface area contributed by atoms with Gasteiger partial charge in [0, 0.05) is 19.6 Å². The van der Waals surface area contributed by atoms with Crippen molar-refractivity contribution >= 4 is 18.0 Å². The molecule has 1 heterocycles. The number of rotatable bonds is 2. The van der Waals surface area contributed by atoms with Gasteiger partial charge in [0.2, 0.25) is 0 Å². The number of likely N-dealkylation sites (tertiary alicyclic amines) is 1. The fourth-order valence-corrected chi connectivity index (χ4v) is 1.99. The van der Waals surface area contributed by atoms with Gasteiger partial charge in [0.15, 0.2) is 0 Å². The van der Waals surface area contributed by atoms with Crippen molar-refractivity contribution < 1.29 is 34.4 Å². The van der Waals surface area contributed by atoms with Gasteiger partial charge in [0.25, 0.3) is 0 Å². The lowest BCUT2D eigenvalue weighted by molar-refractivity contribution is -0.159. The SMILES string of the molecule is CC(C)(C)OC(=O)N1CCC(C(O)CN)CC1.O=C(O)C(=O)O. The summed E-state index contributed by atoms with van der Waals surface area (Å²) >= 11 is 0. The Hall–Kier alpha value is -1.87. The first kappa shape index (κ1) is 21.1. The quantitative estimate of drug-likeness (QED) is 0.519. The van der Waals surface area contributed by atoms with E-state index >= 15 is 0 Å². The van der Waals surface area contributed by atoms with Crippen LogP contribution in [-0.4, -0.2) is 69.6 Å². The molecule has 1 amide bonds. The molecule has 0 spiro atoms. The Morgan fingerprint density at radius 2 is 1.61 bits per heavy atom. The molecule has 0 saturated carbocycles. The summed E-state index contributed by atoms with van der Waals surface area (Å²) in [6.45, 7) is 7.13. The zero-order valence-corrected chi connectivity index (χ0v) is 13.7. The van der Waals surface area contributed by atoms with E-state index in [1.54, 1.807) is 4.90 Å². The Bertz CT molecular complexity index is 400. The standard InChI is InChI=1S/C12H24N2O3.C2H2O4/c1-12(2,3)17-11(16)14-6-4-9(5-7-14)10(15)8-13;3-1(4)2(5)6/h9-10,15H,4-8,13H2,1-3H3;(H,3,4)(H,5,6). The molecule has 1 unspecified atom stereocenters. The van der Waals surface area contributed by atoms with E-state index < -0.39 is 23.6 Å². The lowest BCUT2D eigenvalue weighted by Gasteiger charge is -2.34. The molecule has 1 atom stereocenters. The number of hydrogen-bond acceptors (Lipinski definition) is 6. The highest BCUT2D eigenvalue weighted by Crippen LogP contribution is 2.21. The molecule has 0 aromatic heterocycles. The van der Waals surface area contributed by atoms with Crippen molar-refractivity contribution in [2.24, 2.45) is 11.7 Å². The van der Waals surface area contributed by atoms with Crippen molar-refractivity contribution in [3.8, 4) is 0 Å². The van der Waals surface area contributed by atoms with E-state index in [1.165, 1.54) is 0 Å². The first-order valence-electron chi connectivity index (χ1n) is 7.30. The largest absolute Gasteiger partial charge is 0.473 e. The Balaban J connectivity index is 0.000000688. The molecule has 0 aliphatic carbocycles. The highest BCUT2D eigenvalue weighted by molar-refractivity contribution is 6.27. The van der Waals surface area contributed by atoms with E-state index in [2.05, 4.69) is 0 Å². The van der Waals surface area contributed by atoms with Gasteiger partial charge >= 0.3 is 18.0 Å². The van der Waals surface area contributed by atoms with Crippen molar-refractivity contribution in [1.82, 2.24) is 4.90 Å². The average Bonchev–Trinajstić information content (AvgIpc) is 2.45. The molecule has 1 aliphatic heterocycles. The van der Waals surface area contributed by atoms with E-state index in [4.69, 9.17) is 30.3 Å².